The van der Waals surface area contributed by atoms with Crippen LogP contribution in [0.2, 0.25) is 13.1 Å². The minimum atomic E-state index is -1.90. The van der Waals surface area contributed by atoms with Gasteiger partial charge in [-0.1, -0.05) is 0 Å². The van der Waals surface area contributed by atoms with Gasteiger partial charge < -0.3 is 24.8 Å². The number of hydrogen-bond acceptors (Lipinski definition) is 2. The molecule has 0 radical (unpaired) electrons. The van der Waals surface area contributed by atoms with Crippen LogP contribution in [0, 0.1) is 0 Å². The molecule has 0 aromatic rings. The van der Waals surface area contributed by atoms with Crippen LogP contribution >= 0.6 is 0 Å². The van der Waals surface area contributed by atoms with Crippen LogP contribution < -0.4 is 24.8 Å². The fraction of sp³-hybridized carbons (Fsp3) is 0.636. The molecule has 17 heavy (non-hydrogen) atoms. The van der Waals surface area contributed by atoms with E-state index in [1.165, 1.54) is 3.28 Å². The van der Waals surface area contributed by atoms with Crippen LogP contribution in [0.3, 0.4) is 0 Å². The maximum atomic E-state index is 6.07. The van der Waals surface area contributed by atoms with Crippen molar-refractivity contribution in [3.63, 3.8) is 0 Å². The van der Waals surface area contributed by atoms with E-state index in [9.17, 15) is 0 Å². The van der Waals surface area contributed by atoms with Crippen molar-refractivity contribution >= 4 is 8.56 Å². The predicted molar refractivity (Wildman–Crippen MR) is 61.2 cm³/mol. The summed E-state index contributed by atoms with van der Waals surface area (Å²) in [7, 11) is -1.90. The molecule has 0 unspecified atom stereocenters. The maximum absolute atomic E-state index is 6.07. The van der Waals surface area contributed by atoms with Gasteiger partial charge in [-0.25, -0.2) is 0 Å². The van der Waals surface area contributed by atoms with Gasteiger partial charge in [-0.2, -0.15) is 0 Å². The second-order valence-corrected chi connectivity index (χ2v) is 11.9. The first-order chi connectivity index (χ1) is 6.79. The predicted octanol–water partition coefficient (Wildman–Crippen LogP) is -2.63. The van der Waals surface area contributed by atoms with Gasteiger partial charge in [0.25, 0.3) is 0 Å². The summed E-state index contributed by atoms with van der Waals surface area (Å²) < 4.78 is 13.6. The molecule has 1 rings (SSSR count). The molecule has 0 amide bonds. The van der Waals surface area contributed by atoms with Gasteiger partial charge in [0.15, 0.2) is 0 Å². The van der Waals surface area contributed by atoms with E-state index in [0.717, 1.165) is 6.42 Å². The topological polar surface area (TPSA) is 18.5 Å². The molecule has 0 saturated heterocycles. The zero-order valence-electron chi connectivity index (χ0n) is 11.0. The van der Waals surface area contributed by atoms with Gasteiger partial charge >= 0.3 is 107 Å². The molecular formula is C11H20Cl2O2SiZr. The van der Waals surface area contributed by atoms with Crippen LogP contribution in [0.25, 0.3) is 0 Å². The third kappa shape index (κ3) is 9.63. The molecule has 2 nitrogen and oxygen atoms in total. The SMILES string of the molecule is CC(C)(C)O[Si](C)(C)[O][Zr+2][C]1=CC=CC1.[Cl-].[Cl-]. The van der Waals surface area contributed by atoms with E-state index in [2.05, 4.69) is 52.1 Å². The molecule has 0 heterocycles. The average Bonchev–Trinajstić information content (AvgIpc) is 2.47. The minimum absolute atomic E-state index is 0. The second-order valence-electron chi connectivity index (χ2n) is 5.14. The quantitative estimate of drug-likeness (QED) is 0.502. The fourth-order valence-corrected chi connectivity index (χ4v) is 7.35. The molecule has 0 saturated carbocycles. The van der Waals surface area contributed by atoms with Gasteiger partial charge in [-0.15, -0.1) is 0 Å². The Morgan fingerprint density at radius 2 is 1.82 bits per heavy atom. The monoisotopic (exact) mass is 372 g/mol. The molecule has 0 aromatic carbocycles. The van der Waals surface area contributed by atoms with Crippen molar-refractivity contribution in [2.24, 2.45) is 0 Å². The van der Waals surface area contributed by atoms with E-state index in [4.69, 9.17) is 6.93 Å². The third-order valence-corrected chi connectivity index (χ3v) is 9.38. The van der Waals surface area contributed by atoms with E-state index in [-0.39, 0.29) is 30.4 Å². The molecule has 0 fully saturated rings. The third-order valence-electron chi connectivity index (χ3n) is 1.75. The van der Waals surface area contributed by atoms with Crippen molar-refractivity contribution in [3.05, 3.63) is 21.5 Å². The van der Waals surface area contributed by atoms with E-state index < -0.39 is 32.2 Å². The van der Waals surface area contributed by atoms with Crippen molar-refractivity contribution in [2.75, 3.05) is 0 Å². The molecule has 0 aliphatic heterocycles. The Morgan fingerprint density at radius 1 is 1.24 bits per heavy atom. The van der Waals surface area contributed by atoms with Gasteiger partial charge in [-0.05, 0) is 0 Å². The number of allylic oxidation sites excluding steroid dienone is 4. The van der Waals surface area contributed by atoms with Gasteiger partial charge in [0.1, 0.15) is 0 Å². The zero-order valence-corrected chi connectivity index (χ0v) is 16.0. The van der Waals surface area contributed by atoms with Gasteiger partial charge in [-0.3, -0.25) is 0 Å². The minimum Gasteiger partial charge on any atom is -1.00 e. The summed E-state index contributed by atoms with van der Waals surface area (Å²) in [6, 6.07) is 0. The van der Waals surface area contributed by atoms with Crippen LogP contribution in [-0.2, 0) is 30.6 Å². The molecule has 0 N–H and O–H groups in total. The molecule has 6 heteroatoms. The summed E-state index contributed by atoms with van der Waals surface area (Å²) in [5.41, 5.74) is -0.0859. The van der Waals surface area contributed by atoms with E-state index in [0.29, 0.717) is 0 Å². The van der Waals surface area contributed by atoms with Crippen LogP contribution in [0.4, 0.5) is 0 Å². The molecule has 0 spiro atoms. The summed E-state index contributed by atoms with van der Waals surface area (Å²) in [4.78, 5) is 0. The summed E-state index contributed by atoms with van der Waals surface area (Å²) in [6.45, 7) is 10.6. The molecule has 0 atom stereocenters. The van der Waals surface area contributed by atoms with Crippen LogP contribution in [-0.4, -0.2) is 14.2 Å². The Labute approximate surface area is 130 Å². The Morgan fingerprint density at radius 3 is 2.24 bits per heavy atom. The largest absolute Gasteiger partial charge is 1.00 e. The van der Waals surface area contributed by atoms with Gasteiger partial charge in [0.05, 0.1) is 0 Å². The molecule has 0 bridgehead atoms. The molecule has 1 aliphatic carbocycles. The first-order valence-corrected chi connectivity index (χ1v) is 10.3. The zero-order chi connectivity index (χ0) is 11.5. The maximum Gasteiger partial charge on any atom is -1.00 e. The smallest absolute Gasteiger partial charge is 1.00 e. The number of rotatable bonds is 4. The van der Waals surface area contributed by atoms with E-state index in [1.54, 1.807) is 0 Å². The van der Waals surface area contributed by atoms with Crippen molar-refractivity contribution in [3.8, 4) is 0 Å². The number of hydrogen-bond donors (Lipinski definition) is 0. The number of halogens is 2. The first kappa shape index (κ1) is 20.4. The van der Waals surface area contributed by atoms with Gasteiger partial charge in [0.2, 0.25) is 0 Å². The Kier molecular flexibility index (Phi) is 9.95. The second kappa shape index (κ2) is 8.29. The summed E-state index contributed by atoms with van der Waals surface area (Å²) in [5, 5.41) is 0. The molecular weight excluding hydrogens is 354 g/mol. The Bertz CT molecular complexity index is 286. The normalized spacial score (nSPS) is 14.5. The summed E-state index contributed by atoms with van der Waals surface area (Å²) >= 11 is -0.832. The summed E-state index contributed by atoms with van der Waals surface area (Å²) in [6.07, 6.45) is 7.62. The van der Waals surface area contributed by atoms with Crippen molar-refractivity contribution < 1.29 is 55.4 Å². The fourth-order valence-electron chi connectivity index (χ4n) is 1.47. The van der Waals surface area contributed by atoms with Crippen LogP contribution in [0.1, 0.15) is 27.2 Å². The van der Waals surface area contributed by atoms with Crippen molar-refractivity contribution in [1.29, 1.82) is 0 Å². The molecule has 1 aliphatic rings. The average molecular weight is 374 g/mol. The standard InChI is InChI=1S/C6H15O2Si.C5H5.2ClH.Zr/c1-6(2,3)8-9(4,5)7;1-2-4-5-3-1;;;/h1-5H3;1-3H,4H2;2*1H;/q-1;;;;+3/p-2. The van der Waals surface area contributed by atoms with E-state index >= 15 is 0 Å². The van der Waals surface area contributed by atoms with Gasteiger partial charge in [0, 0.05) is 0 Å². The molecule has 98 valence electrons. The Hall–Kier alpha value is 1.08. The van der Waals surface area contributed by atoms with Crippen molar-refractivity contribution in [2.45, 2.75) is 45.9 Å². The van der Waals surface area contributed by atoms with Crippen LogP contribution in [0.5, 0.6) is 0 Å². The van der Waals surface area contributed by atoms with E-state index in [1.807, 2.05) is 0 Å². The Balaban J connectivity index is 0. The molecule has 0 aromatic heterocycles. The first-order valence-electron chi connectivity index (χ1n) is 5.28. The van der Waals surface area contributed by atoms with Crippen molar-refractivity contribution in [1.82, 2.24) is 0 Å². The van der Waals surface area contributed by atoms with Crippen LogP contribution in [0.15, 0.2) is 21.5 Å². The summed E-state index contributed by atoms with van der Waals surface area (Å²) in [5.74, 6) is 0.